The van der Waals surface area contributed by atoms with E-state index >= 15 is 0 Å². The first-order valence-corrected chi connectivity index (χ1v) is 7.04. The highest BCUT2D eigenvalue weighted by atomic mass is 16.6. The predicted molar refractivity (Wildman–Crippen MR) is 76.3 cm³/mol. The average molecular weight is 296 g/mol. The summed E-state index contributed by atoms with van der Waals surface area (Å²) in [7, 11) is 1.65. The number of carboxylic acid groups (broad SMARTS) is 1. The Morgan fingerprint density at radius 3 is 2.67 bits per heavy atom. The van der Waals surface area contributed by atoms with Crippen LogP contribution in [-0.4, -0.2) is 32.3 Å². The Bertz CT molecular complexity index is 563. The van der Waals surface area contributed by atoms with Crippen molar-refractivity contribution < 1.29 is 14.8 Å². The van der Waals surface area contributed by atoms with Gasteiger partial charge in [0.1, 0.15) is 5.69 Å². The lowest BCUT2D eigenvalue weighted by molar-refractivity contribution is -0.384. The molecule has 0 unspecified atom stereocenters. The summed E-state index contributed by atoms with van der Waals surface area (Å²) in [5.41, 5.74) is 0.131. The largest absolute Gasteiger partial charge is 0.481 e. The fourth-order valence-corrected chi connectivity index (χ4v) is 2.88. The molecule has 1 aliphatic rings. The van der Waals surface area contributed by atoms with Gasteiger partial charge in [0, 0.05) is 13.6 Å². The van der Waals surface area contributed by atoms with Crippen molar-refractivity contribution >= 4 is 17.5 Å². The van der Waals surface area contributed by atoms with Gasteiger partial charge in [0.25, 0.3) is 0 Å². The molecule has 1 aliphatic carbocycles. The summed E-state index contributed by atoms with van der Waals surface area (Å²) >= 11 is 0. The van der Waals surface area contributed by atoms with Crippen LogP contribution in [0.15, 0.2) is 0 Å². The van der Waals surface area contributed by atoms with Gasteiger partial charge < -0.3 is 10.4 Å². The van der Waals surface area contributed by atoms with Crippen molar-refractivity contribution in [2.75, 3.05) is 11.9 Å². The highest BCUT2D eigenvalue weighted by Gasteiger charge is 2.39. The molecule has 1 aromatic heterocycles. The molecule has 0 spiro atoms. The molecule has 1 saturated carbocycles. The van der Waals surface area contributed by atoms with E-state index in [1.54, 1.807) is 7.05 Å². The van der Waals surface area contributed by atoms with Crippen LogP contribution in [0.3, 0.4) is 0 Å². The summed E-state index contributed by atoms with van der Waals surface area (Å²) in [6, 6.07) is 0. The molecule has 2 rings (SSSR count). The van der Waals surface area contributed by atoms with Crippen molar-refractivity contribution in [3.8, 4) is 0 Å². The molecular formula is C13H20N4O4. The Labute approximate surface area is 122 Å². The molecule has 1 heterocycles. The number of nitrogens with zero attached hydrogens (tertiary/aromatic N) is 3. The summed E-state index contributed by atoms with van der Waals surface area (Å²) in [5, 5.41) is 27.4. The Hall–Kier alpha value is -2.12. The maximum absolute atomic E-state index is 11.2. The van der Waals surface area contributed by atoms with Gasteiger partial charge in [-0.3, -0.25) is 14.9 Å². The number of anilines is 1. The number of aromatic nitrogens is 2. The quantitative estimate of drug-likeness (QED) is 0.587. The van der Waals surface area contributed by atoms with Crippen molar-refractivity contribution in [2.45, 2.75) is 39.0 Å². The normalized spacial score (nSPS) is 16.3. The van der Waals surface area contributed by atoms with Crippen molar-refractivity contribution in [3.05, 3.63) is 15.8 Å². The minimum atomic E-state index is -0.828. The van der Waals surface area contributed by atoms with Gasteiger partial charge in [-0.05, 0) is 24.7 Å². The van der Waals surface area contributed by atoms with E-state index in [4.69, 9.17) is 5.11 Å². The van der Waals surface area contributed by atoms with Crippen LogP contribution in [0.5, 0.6) is 0 Å². The average Bonchev–Trinajstić information content (AvgIpc) is 2.68. The molecule has 0 aliphatic heterocycles. The fourth-order valence-electron chi connectivity index (χ4n) is 2.88. The van der Waals surface area contributed by atoms with Gasteiger partial charge in [-0.1, -0.05) is 13.3 Å². The van der Waals surface area contributed by atoms with Gasteiger partial charge in [0.05, 0.1) is 11.3 Å². The molecule has 1 aromatic rings. The van der Waals surface area contributed by atoms with E-state index in [-0.39, 0.29) is 17.5 Å². The molecule has 0 saturated heterocycles. The Balaban J connectivity index is 2.18. The van der Waals surface area contributed by atoms with Gasteiger partial charge in [0.2, 0.25) is 5.82 Å². The smallest absolute Gasteiger partial charge is 0.333 e. The molecule has 2 N–H and O–H groups in total. The zero-order valence-electron chi connectivity index (χ0n) is 12.3. The third-order valence-electron chi connectivity index (χ3n) is 4.18. The van der Waals surface area contributed by atoms with E-state index in [0.717, 1.165) is 19.3 Å². The molecule has 0 radical (unpaired) electrons. The molecule has 1 fully saturated rings. The molecular weight excluding hydrogens is 276 g/mol. The lowest BCUT2D eigenvalue weighted by Gasteiger charge is -2.40. The van der Waals surface area contributed by atoms with Gasteiger partial charge in [-0.15, -0.1) is 0 Å². The molecule has 0 bridgehead atoms. The van der Waals surface area contributed by atoms with E-state index in [1.807, 2.05) is 6.92 Å². The molecule has 8 nitrogen and oxygen atoms in total. The fraction of sp³-hybridized carbons (Fsp3) is 0.692. The first kappa shape index (κ1) is 15.3. The number of rotatable bonds is 7. The maximum atomic E-state index is 11.2. The van der Waals surface area contributed by atoms with Crippen LogP contribution in [0.25, 0.3) is 0 Å². The monoisotopic (exact) mass is 296 g/mol. The summed E-state index contributed by atoms with van der Waals surface area (Å²) in [6.07, 6.45) is 3.23. The van der Waals surface area contributed by atoms with Crippen LogP contribution in [0, 0.1) is 15.5 Å². The standard InChI is InChI=1S/C13H20N4O4/c1-3-9-11(17(20)21)12(16(2)15-9)14-8-13(5-4-6-13)7-10(18)19/h14H,3-8H2,1-2H3,(H,18,19). The van der Waals surface area contributed by atoms with Crippen LogP contribution < -0.4 is 5.32 Å². The van der Waals surface area contributed by atoms with Crippen LogP contribution >= 0.6 is 0 Å². The van der Waals surface area contributed by atoms with Gasteiger partial charge >= 0.3 is 11.7 Å². The van der Waals surface area contributed by atoms with Crippen molar-refractivity contribution in [3.63, 3.8) is 0 Å². The highest BCUT2D eigenvalue weighted by molar-refractivity contribution is 5.68. The summed E-state index contributed by atoms with van der Waals surface area (Å²) in [5.74, 6) is -0.473. The Kier molecular flexibility index (Phi) is 4.15. The number of nitro groups is 1. The van der Waals surface area contributed by atoms with Crippen LogP contribution in [0.2, 0.25) is 0 Å². The lowest BCUT2D eigenvalue weighted by Crippen LogP contribution is -2.39. The number of carbonyl (C=O) groups is 1. The zero-order chi connectivity index (χ0) is 15.6. The maximum Gasteiger partial charge on any atom is 0.333 e. The number of aliphatic carboxylic acids is 1. The van der Waals surface area contributed by atoms with Gasteiger partial charge in [0.15, 0.2) is 0 Å². The van der Waals surface area contributed by atoms with E-state index in [9.17, 15) is 14.9 Å². The Morgan fingerprint density at radius 2 is 2.24 bits per heavy atom. The predicted octanol–water partition coefficient (Wildman–Crippen LogP) is 1.95. The minimum absolute atomic E-state index is 0.00945. The van der Waals surface area contributed by atoms with Gasteiger partial charge in [-0.25, -0.2) is 4.68 Å². The highest BCUT2D eigenvalue weighted by Crippen LogP contribution is 2.44. The second-order valence-electron chi connectivity index (χ2n) is 5.66. The summed E-state index contributed by atoms with van der Waals surface area (Å²) in [4.78, 5) is 21.7. The lowest BCUT2D eigenvalue weighted by atomic mass is 9.66. The van der Waals surface area contributed by atoms with E-state index in [0.29, 0.717) is 24.5 Å². The molecule has 21 heavy (non-hydrogen) atoms. The summed E-state index contributed by atoms with van der Waals surface area (Å²) in [6.45, 7) is 2.24. The minimum Gasteiger partial charge on any atom is -0.481 e. The second kappa shape index (κ2) is 5.71. The number of carboxylic acids is 1. The third kappa shape index (κ3) is 2.98. The van der Waals surface area contributed by atoms with E-state index < -0.39 is 10.9 Å². The number of aryl methyl sites for hydroxylation is 2. The number of nitrogens with one attached hydrogen (secondary N) is 1. The van der Waals surface area contributed by atoms with Crippen LogP contribution in [-0.2, 0) is 18.3 Å². The SMILES string of the molecule is CCc1nn(C)c(NCC2(CC(=O)O)CCC2)c1[N+](=O)[O-]. The van der Waals surface area contributed by atoms with Crippen LogP contribution in [0.1, 0.15) is 38.3 Å². The molecule has 8 heteroatoms. The number of hydrogen-bond acceptors (Lipinski definition) is 5. The van der Waals surface area contributed by atoms with E-state index in [2.05, 4.69) is 10.4 Å². The molecule has 0 atom stereocenters. The van der Waals surface area contributed by atoms with Crippen molar-refractivity contribution in [1.82, 2.24) is 9.78 Å². The van der Waals surface area contributed by atoms with E-state index in [1.165, 1.54) is 4.68 Å². The molecule has 0 aromatic carbocycles. The molecule has 116 valence electrons. The Morgan fingerprint density at radius 1 is 1.57 bits per heavy atom. The first-order valence-electron chi connectivity index (χ1n) is 7.04. The number of hydrogen-bond donors (Lipinski definition) is 2. The van der Waals surface area contributed by atoms with Crippen molar-refractivity contribution in [1.29, 1.82) is 0 Å². The summed E-state index contributed by atoms with van der Waals surface area (Å²) < 4.78 is 1.46. The topological polar surface area (TPSA) is 110 Å². The third-order valence-corrected chi connectivity index (χ3v) is 4.18. The first-order chi connectivity index (χ1) is 9.88. The second-order valence-corrected chi connectivity index (χ2v) is 5.66. The zero-order valence-corrected chi connectivity index (χ0v) is 12.3. The van der Waals surface area contributed by atoms with Crippen LogP contribution in [0.4, 0.5) is 11.5 Å². The molecule has 0 amide bonds. The van der Waals surface area contributed by atoms with Gasteiger partial charge in [-0.2, -0.15) is 5.10 Å². The van der Waals surface area contributed by atoms with Crippen molar-refractivity contribution in [2.24, 2.45) is 12.5 Å².